The summed E-state index contributed by atoms with van der Waals surface area (Å²) in [6, 6.07) is 3.57. The van der Waals surface area contributed by atoms with Gasteiger partial charge in [0.1, 0.15) is 0 Å². The van der Waals surface area contributed by atoms with E-state index in [9.17, 15) is 0 Å². The molecule has 1 N–H and O–H groups in total. The Balaban J connectivity index is 2.15. The topological polar surface area (TPSA) is 43.4 Å². The fourth-order valence-corrected chi connectivity index (χ4v) is 2.61. The molecule has 0 bridgehead atoms. The SMILES string of the molecule is COc1cc(Cl)c(NCc2cnc(C)s2)cc1OC. The lowest BCUT2D eigenvalue weighted by Gasteiger charge is -2.12. The number of nitrogens with zero attached hydrogens (tertiary/aromatic N) is 1. The Morgan fingerprint density at radius 2 is 1.95 bits per heavy atom. The van der Waals surface area contributed by atoms with Crippen LogP contribution in [0, 0.1) is 6.92 Å². The second kappa shape index (κ2) is 6.12. The van der Waals surface area contributed by atoms with Crippen molar-refractivity contribution >= 4 is 28.6 Å². The first-order chi connectivity index (χ1) is 9.13. The molecule has 4 nitrogen and oxygen atoms in total. The van der Waals surface area contributed by atoms with Crippen LogP contribution in [0.4, 0.5) is 5.69 Å². The highest BCUT2D eigenvalue weighted by Gasteiger charge is 2.10. The first-order valence-electron chi connectivity index (χ1n) is 5.70. The normalized spacial score (nSPS) is 10.3. The van der Waals surface area contributed by atoms with Crippen molar-refractivity contribution in [1.29, 1.82) is 0 Å². The van der Waals surface area contributed by atoms with Gasteiger partial charge >= 0.3 is 0 Å². The molecular formula is C13H15ClN2O2S. The summed E-state index contributed by atoms with van der Waals surface area (Å²) in [5.41, 5.74) is 0.811. The summed E-state index contributed by atoms with van der Waals surface area (Å²) in [6.07, 6.45) is 1.86. The number of ether oxygens (including phenoxy) is 2. The molecule has 6 heteroatoms. The number of rotatable bonds is 5. The van der Waals surface area contributed by atoms with Crippen LogP contribution in [-0.4, -0.2) is 19.2 Å². The van der Waals surface area contributed by atoms with Gasteiger partial charge in [-0.25, -0.2) is 4.98 Å². The van der Waals surface area contributed by atoms with E-state index < -0.39 is 0 Å². The summed E-state index contributed by atoms with van der Waals surface area (Å²) in [5.74, 6) is 1.27. The molecule has 1 aromatic heterocycles. The van der Waals surface area contributed by atoms with Gasteiger partial charge in [0.25, 0.3) is 0 Å². The Morgan fingerprint density at radius 3 is 2.53 bits per heavy atom. The standard InChI is InChI=1S/C13H15ClN2O2S/c1-8-15-6-9(19-8)7-16-11-5-13(18-3)12(17-2)4-10(11)14/h4-6,16H,7H2,1-3H3. The van der Waals surface area contributed by atoms with Gasteiger partial charge in [0.15, 0.2) is 11.5 Å². The van der Waals surface area contributed by atoms with E-state index in [0.717, 1.165) is 15.6 Å². The van der Waals surface area contributed by atoms with Gasteiger partial charge in [-0.1, -0.05) is 11.6 Å². The Labute approximate surface area is 121 Å². The number of halogens is 1. The Bertz CT molecular complexity index is 572. The molecule has 0 atom stereocenters. The quantitative estimate of drug-likeness (QED) is 0.913. The third kappa shape index (κ3) is 3.30. The predicted molar refractivity (Wildman–Crippen MR) is 78.7 cm³/mol. The lowest BCUT2D eigenvalue weighted by atomic mass is 10.2. The maximum absolute atomic E-state index is 6.20. The first kappa shape index (κ1) is 14.0. The van der Waals surface area contributed by atoms with E-state index in [4.69, 9.17) is 21.1 Å². The van der Waals surface area contributed by atoms with E-state index in [0.29, 0.717) is 23.1 Å². The molecule has 19 heavy (non-hydrogen) atoms. The third-order valence-corrected chi connectivity index (χ3v) is 3.82. The number of hydrogen-bond donors (Lipinski definition) is 1. The number of hydrogen-bond acceptors (Lipinski definition) is 5. The van der Waals surface area contributed by atoms with E-state index in [1.54, 1.807) is 31.6 Å². The average Bonchev–Trinajstić information content (AvgIpc) is 2.82. The zero-order valence-corrected chi connectivity index (χ0v) is 12.6. The molecular weight excluding hydrogens is 284 g/mol. The minimum Gasteiger partial charge on any atom is -0.493 e. The molecule has 0 saturated heterocycles. The van der Waals surface area contributed by atoms with Gasteiger partial charge in [-0.05, 0) is 6.92 Å². The summed E-state index contributed by atoms with van der Waals surface area (Å²) in [6.45, 7) is 2.66. The van der Waals surface area contributed by atoms with Crippen LogP contribution in [0.2, 0.25) is 5.02 Å². The van der Waals surface area contributed by atoms with Crippen LogP contribution in [0.25, 0.3) is 0 Å². The minimum atomic E-state index is 0.596. The average molecular weight is 299 g/mol. The second-order valence-corrected chi connectivity index (χ2v) is 5.61. The van der Waals surface area contributed by atoms with Crippen molar-refractivity contribution in [2.24, 2.45) is 0 Å². The van der Waals surface area contributed by atoms with Gasteiger partial charge in [0, 0.05) is 23.2 Å². The zero-order chi connectivity index (χ0) is 13.8. The Morgan fingerprint density at radius 1 is 1.26 bits per heavy atom. The summed E-state index contributed by atoms with van der Waals surface area (Å²) in [7, 11) is 3.18. The van der Waals surface area contributed by atoms with Gasteiger partial charge in [-0.3, -0.25) is 0 Å². The van der Waals surface area contributed by atoms with Crippen molar-refractivity contribution < 1.29 is 9.47 Å². The predicted octanol–water partition coefficient (Wildman–Crippen LogP) is 3.73. The summed E-state index contributed by atoms with van der Waals surface area (Å²) in [4.78, 5) is 5.37. The molecule has 0 aliphatic carbocycles. The van der Waals surface area contributed by atoms with Crippen LogP contribution in [0.1, 0.15) is 9.88 Å². The van der Waals surface area contributed by atoms with E-state index >= 15 is 0 Å². The summed E-state index contributed by atoms with van der Waals surface area (Å²) < 4.78 is 10.4. The number of methoxy groups -OCH3 is 2. The number of anilines is 1. The minimum absolute atomic E-state index is 0.596. The highest BCUT2D eigenvalue weighted by atomic mass is 35.5. The number of thiazole rings is 1. The number of nitrogens with one attached hydrogen (secondary N) is 1. The highest BCUT2D eigenvalue weighted by molar-refractivity contribution is 7.11. The summed E-state index contributed by atoms with van der Waals surface area (Å²) >= 11 is 7.86. The smallest absolute Gasteiger partial charge is 0.162 e. The molecule has 0 unspecified atom stereocenters. The van der Waals surface area contributed by atoms with E-state index in [2.05, 4.69) is 10.3 Å². The first-order valence-corrected chi connectivity index (χ1v) is 6.90. The number of aromatic nitrogens is 1. The molecule has 102 valence electrons. The second-order valence-electron chi connectivity index (χ2n) is 3.89. The van der Waals surface area contributed by atoms with Crippen LogP contribution in [0.3, 0.4) is 0 Å². The molecule has 0 amide bonds. The fraction of sp³-hybridized carbons (Fsp3) is 0.308. The molecule has 1 heterocycles. The largest absolute Gasteiger partial charge is 0.493 e. The van der Waals surface area contributed by atoms with E-state index in [1.807, 2.05) is 19.2 Å². The van der Waals surface area contributed by atoms with Crippen LogP contribution >= 0.6 is 22.9 Å². The molecule has 0 aliphatic heterocycles. The van der Waals surface area contributed by atoms with Crippen molar-refractivity contribution in [2.75, 3.05) is 19.5 Å². The maximum Gasteiger partial charge on any atom is 0.162 e. The van der Waals surface area contributed by atoms with Gasteiger partial charge in [-0.2, -0.15) is 0 Å². The van der Waals surface area contributed by atoms with Crippen LogP contribution in [-0.2, 0) is 6.54 Å². The lowest BCUT2D eigenvalue weighted by molar-refractivity contribution is 0.355. The van der Waals surface area contributed by atoms with E-state index in [1.165, 1.54) is 0 Å². The number of aryl methyl sites for hydroxylation is 1. The summed E-state index contributed by atoms with van der Waals surface area (Å²) in [5, 5.41) is 4.92. The van der Waals surface area contributed by atoms with Crippen molar-refractivity contribution in [2.45, 2.75) is 13.5 Å². The molecule has 0 aliphatic rings. The fourth-order valence-electron chi connectivity index (χ4n) is 1.66. The Hall–Kier alpha value is -1.46. The van der Waals surface area contributed by atoms with Gasteiger partial charge < -0.3 is 14.8 Å². The molecule has 2 rings (SSSR count). The molecule has 0 fully saturated rings. The van der Waals surface area contributed by atoms with Gasteiger partial charge in [-0.15, -0.1) is 11.3 Å². The van der Waals surface area contributed by atoms with Crippen molar-refractivity contribution in [1.82, 2.24) is 4.98 Å². The third-order valence-electron chi connectivity index (χ3n) is 2.60. The Kier molecular flexibility index (Phi) is 4.50. The maximum atomic E-state index is 6.20. The van der Waals surface area contributed by atoms with Crippen LogP contribution in [0.15, 0.2) is 18.3 Å². The lowest BCUT2D eigenvalue weighted by Crippen LogP contribution is -2.00. The monoisotopic (exact) mass is 298 g/mol. The van der Waals surface area contributed by atoms with Crippen molar-refractivity contribution in [3.05, 3.63) is 33.2 Å². The highest BCUT2D eigenvalue weighted by Crippen LogP contribution is 2.36. The zero-order valence-electron chi connectivity index (χ0n) is 11.0. The molecule has 0 spiro atoms. The molecule has 2 aromatic rings. The van der Waals surface area contributed by atoms with Crippen LogP contribution in [0.5, 0.6) is 11.5 Å². The molecule has 1 aromatic carbocycles. The van der Waals surface area contributed by atoms with Crippen molar-refractivity contribution in [3.8, 4) is 11.5 Å². The molecule has 0 radical (unpaired) electrons. The van der Waals surface area contributed by atoms with E-state index in [-0.39, 0.29) is 0 Å². The van der Waals surface area contributed by atoms with Crippen LogP contribution < -0.4 is 14.8 Å². The van der Waals surface area contributed by atoms with Crippen molar-refractivity contribution in [3.63, 3.8) is 0 Å². The molecule has 0 saturated carbocycles. The number of benzene rings is 1. The van der Waals surface area contributed by atoms with Gasteiger partial charge in [0.2, 0.25) is 0 Å². The van der Waals surface area contributed by atoms with Gasteiger partial charge in [0.05, 0.1) is 36.5 Å².